The fraction of sp³-hybridized carbons (Fsp3) is 0.667. The molecule has 4 heteroatoms. The van der Waals surface area contributed by atoms with Gasteiger partial charge in [-0.25, -0.2) is 0 Å². The fourth-order valence-electron chi connectivity index (χ4n) is 3.84. The molecule has 0 heterocycles. The maximum Gasteiger partial charge on any atom is 0.166 e. The van der Waals surface area contributed by atoms with Crippen molar-refractivity contribution in [2.24, 2.45) is 5.73 Å². The van der Waals surface area contributed by atoms with Gasteiger partial charge in [0.15, 0.2) is 11.5 Å². The third-order valence-electron chi connectivity index (χ3n) is 5.11. The molecule has 122 valence electrons. The van der Waals surface area contributed by atoms with E-state index in [1.54, 1.807) is 7.11 Å². The smallest absolute Gasteiger partial charge is 0.166 e. The third kappa shape index (κ3) is 3.28. The topological polar surface area (TPSA) is 44.5 Å². The first-order chi connectivity index (χ1) is 10.6. The number of rotatable bonds is 4. The van der Waals surface area contributed by atoms with Gasteiger partial charge in [-0.3, -0.25) is 0 Å². The molecule has 0 aliphatic heterocycles. The standard InChI is InChI=1S/C18H26BrNO2/c1-21-16-12-13(19)11-15(18(20)9-5-2-6-10-18)17(16)22-14-7-3-4-8-14/h11-12,14H,2-10,20H2,1H3. The average molecular weight is 368 g/mol. The van der Waals surface area contributed by atoms with Gasteiger partial charge in [0.2, 0.25) is 0 Å². The van der Waals surface area contributed by atoms with Crippen LogP contribution >= 0.6 is 15.9 Å². The predicted molar refractivity (Wildman–Crippen MR) is 92.5 cm³/mol. The Morgan fingerprint density at radius 3 is 2.41 bits per heavy atom. The van der Waals surface area contributed by atoms with Gasteiger partial charge in [-0.1, -0.05) is 35.2 Å². The average Bonchev–Trinajstić information content (AvgIpc) is 3.02. The van der Waals surface area contributed by atoms with E-state index in [0.29, 0.717) is 6.10 Å². The summed E-state index contributed by atoms with van der Waals surface area (Å²) in [6, 6.07) is 4.12. The first-order valence-electron chi connectivity index (χ1n) is 8.46. The molecule has 3 rings (SSSR count). The van der Waals surface area contributed by atoms with Crippen molar-refractivity contribution in [3.8, 4) is 11.5 Å². The normalized spacial score (nSPS) is 21.8. The SMILES string of the molecule is COc1cc(Br)cc(C2(N)CCCCC2)c1OC1CCCC1. The fourth-order valence-corrected chi connectivity index (χ4v) is 4.27. The molecule has 2 fully saturated rings. The van der Waals surface area contributed by atoms with Crippen molar-refractivity contribution in [1.82, 2.24) is 0 Å². The Balaban J connectivity index is 2.00. The van der Waals surface area contributed by atoms with Crippen LogP contribution in [-0.4, -0.2) is 13.2 Å². The zero-order valence-electron chi connectivity index (χ0n) is 13.4. The maximum absolute atomic E-state index is 6.79. The molecule has 2 aliphatic rings. The molecular weight excluding hydrogens is 342 g/mol. The second-order valence-electron chi connectivity index (χ2n) is 6.73. The van der Waals surface area contributed by atoms with Crippen molar-refractivity contribution in [2.75, 3.05) is 7.11 Å². The van der Waals surface area contributed by atoms with Crippen molar-refractivity contribution in [2.45, 2.75) is 69.4 Å². The third-order valence-corrected chi connectivity index (χ3v) is 5.57. The van der Waals surface area contributed by atoms with Crippen LogP contribution in [0, 0.1) is 0 Å². The van der Waals surface area contributed by atoms with Crippen molar-refractivity contribution < 1.29 is 9.47 Å². The summed E-state index contributed by atoms with van der Waals surface area (Å²) in [6.07, 6.45) is 10.8. The van der Waals surface area contributed by atoms with Crippen LogP contribution < -0.4 is 15.2 Å². The molecular formula is C18H26BrNO2. The molecule has 0 bridgehead atoms. The van der Waals surface area contributed by atoms with Gasteiger partial charge in [-0.15, -0.1) is 0 Å². The zero-order valence-corrected chi connectivity index (χ0v) is 15.0. The van der Waals surface area contributed by atoms with Crippen LogP contribution in [0.2, 0.25) is 0 Å². The molecule has 2 N–H and O–H groups in total. The molecule has 0 saturated heterocycles. The monoisotopic (exact) mass is 367 g/mol. The van der Waals surface area contributed by atoms with Gasteiger partial charge >= 0.3 is 0 Å². The Morgan fingerprint density at radius 1 is 1.09 bits per heavy atom. The Hall–Kier alpha value is -0.740. The Morgan fingerprint density at radius 2 is 1.77 bits per heavy atom. The summed E-state index contributed by atoms with van der Waals surface area (Å²) >= 11 is 3.60. The van der Waals surface area contributed by atoms with E-state index < -0.39 is 0 Å². The van der Waals surface area contributed by atoms with Crippen LogP contribution in [0.25, 0.3) is 0 Å². The molecule has 2 aliphatic carbocycles. The minimum absolute atomic E-state index is 0.288. The van der Waals surface area contributed by atoms with E-state index in [1.165, 1.54) is 32.1 Å². The van der Waals surface area contributed by atoms with Gasteiger partial charge in [0.25, 0.3) is 0 Å². The van der Waals surface area contributed by atoms with Crippen LogP contribution in [0.4, 0.5) is 0 Å². The molecule has 22 heavy (non-hydrogen) atoms. The predicted octanol–water partition coefficient (Wildman–Crippen LogP) is 4.90. The first-order valence-corrected chi connectivity index (χ1v) is 9.25. The summed E-state index contributed by atoms with van der Waals surface area (Å²) in [5, 5.41) is 0. The minimum atomic E-state index is -0.288. The van der Waals surface area contributed by atoms with Gasteiger partial charge < -0.3 is 15.2 Å². The van der Waals surface area contributed by atoms with E-state index in [9.17, 15) is 0 Å². The van der Waals surface area contributed by atoms with E-state index in [-0.39, 0.29) is 5.54 Å². The van der Waals surface area contributed by atoms with Gasteiger partial charge in [0, 0.05) is 15.6 Å². The van der Waals surface area contributed by atoms with Gasteiger partial charge in [0.1, 0.15) is 0 Å². The summed E-state index contributed by atoms with van der Waals surface area (Å²) in [6.45, 7) is 0. The van der Waals surface area contributed by atoms with Crippen molar-refractivity contribution in [1.29, 1.82) is 0 Å². The largest absolute Gasteiger partial charge is 0.493 e. The van der Waals surface area contributed by atoms with E-state index >= 15 is 0 Å². The van der Waals surface area contributed by atoms with Crippen molar-refractivity contribution in [3.05, 3.63) is 22.2 Å². The lowest BCUT2D eigenvalue weighted by molar-refractivity contribution is 0.189. The maximum atomic E-state index is 6.79. The Kier molecular flexibility index (Phi) is 4.98. The molecule has 0 amide bonds. The molecule has 2 saturated carbocycles. The molecule has 0 radical (unpaired) electrons. The Bertz CT molecular complexity index is 520. The highest BCUT2D eigenvalue weighted by molar-refractivity contribution is 9.10. The molecule has 1 aromatic rings. The van der Waals surface area contributed by atoms with Crippen LogP contribution in [-0.2, 0) is 5.54 Å². The number of methoxy groups -OCH3 is 1. The molecule has 0 spiro atoms. The number of hydrogen-bond acceptors (Lipinski definition) is 3. The number of halogens is 1. The summed E-state index contributed by atoms with van der Waals surface area (Å²) < 4.78 is 13.0. The first kappa shape index (κ1) is 16.1. The van der Waals surface area contributed by atoms with Gasteiger partial charge in [-0.05, 0) is 50.7 Å². The number of nitrogens with two attached hydrogens (primary N) is 1. The van der Waals surface area contributed by atoms with Crippen LogP contribution in [0.5, 0.6) is 11.5 Å². The lowest BCUT2D eigenvalue weighted by atomic mass is 9.77. The lowest BCUT2D eigenvalue weighted by Gasteiger charge is -2.36. The summed E-state index contributed by atoms with van der Waals surface area (Å²) in [7, 11) is 1.71. The van der Waals surface area contributed by atoms with Gasteiger partial charge in [-0.2, -0.15) is 0 Å². The van der Waals surface area contributed by atoms with Crippen LogP contribution in [0.1, 0.15) is 63.4 Å². The second-order valence-corrected chi connectivity index (χ2v) is 7.64. The highest BCUT2D eigenvalue weighted by Gasteiger charge is 2.35. The molecule has 3 nitrogen and oxygen atoms in total. The van der Waals surface area contributed by atoms with Crippen LogP contribution in [0.3, 0.4) is 0 Å². The number of ether oxygens (including phenoxy) is 2. The van der Waals surface area contributed by atoms with E-state index in [1.807, 2.05) is 6.07 Å². The minimum Gasteiger partial charge on any atom is -0.493 e. The zero-order chi connectivity index (χ0) is 15.6. The summed E-state index contributed by atoms with van der Waals surface area (Å²) in [4.78, 5) is 0. The van der Waals surface area contributed by atoms with Crippen molar-refractivity contribution >= 4 is 15.9 Å². The van der Waals surface area contributed by atoms with Gasteiger partial charge in [0.05, 0.1) is 13.2 Å². The molecule has 0 unspecified atom stereocenters. The Labute approximate surface area is 141 Å². The summed E-state index contributed by atoms with van der Waals surface area (Å²) in [5.41, 5.74) is 7.62. The van der Waals surface area contributed by atoms with E-state index in [4.69, 9.17) is 15.2 Å². The second kappa shape index (κ2) is 6.79. The molecule has 0 aromatic heterocycles. The molecule has 1 aromatic carbocycles. The van der Waals surface area contributed by atoms with Crippen molar-refractivity contribution in [3.63, 3.8) is 0 Å². The number of hydrogen-bond donors (Lipinski definition) is 1. The highest BCUT2D eigenvalue weighted by atomic mass is 79.9. The van der Waals surface area contributed by atoms with E-state index in [0.717, 1.165) is 47.2 Å². The van der Waals surface area contributed by atoms with Crippen LogP contribution in [0.15, 0.2) is 16.6 Å². The summed E-state index contributed by atoms with van der Waals surface area (Å²) in [5.74, 6) is 1.67. The quantitative estimate of drug-likeness (QED) is 0.822. The number of benzene rings is 1. The highest BCUT2D eigenvalue weighted by Crippen LogP contribution is 2.46. The van der Waals surface area contributed by atoms with E-state index in [2.05, 4.69) is 22.0 Å². The molecule has 0 atom stereocenters. The lowest BCUT2D eigenvalue weighted by Crippen LogP contribution is -2.39.